The number of likely N-dealkylation sites (tertiary alicyclic amines) is 1. The number of ether oxygens (including phenoxy) is 1. The molecule has 0 amide bonds. The summed E-state index contributed by atoms with van der Waals surface area (Å²) in [5, 5.41) is 14.2. The summed E-state index contributed by atoms with van der Waals surface area (Å²) in [6.45, 7) is 3.00. The molecule has 0 atom stereocenters. The molecule has 10 heteroatoms. The summed E-state index contributed by atoms with van der Waals surface area (Å²) in [6, 6.07) is 22.5. The highest BCUT2D eigenvalue weighted by Gasteiger charge is 2.38. The summed E-state index contributed by atoms with van der Waals surface area (Å²) >= 11 is 0. The molecule has 1 fully saturated rings. The van der Waals surface area contributed by atoms with Gasteiger partial charge in [0, 0.05) is 37.1 Å². The summed E-state index contributed by atoms with van der Waals surface area (Å²) in [5.41, 5.74) is 2.43. The molecular weight excluding hydrogens is 501 g/mol. The fraction of sp³-hybridized carbons (Fsp3) is 0.286. The van der Waals surface area contributed by atoms with E-state index in [0.29, 0.717) is 11.6 Å². The number of rotatable bonds is 5. The third kappa shape index (κ3) is 6.63. The van der Waals surface area contributed by atoms with E-state index in [-0.39, 0.29) is 5.63 Å². The molecular formula is C28H27F3N2O5. The fourth-order valence-electron chi connectivity index (χ4n) is 4.52. The predicted octanol–water partition coefficient (Wildman–Crippen LogP) is 5.66. The lowest BCUT2D eigenvalue weighted by Gasteiger charge is -2.33. The molecule has 2 N–H and O–H groups in total. The minimum absolute atomic E-state index is 0.319. The van der Waals surface area contributed by atoms with Crippen molar-refractivity contribution in [2.45, 2.75) is 31.6 Å². The van der Waals surface area contributed by atoms with E-state index >= 15 is 0 Å². The minimum atomic E-state index is -5.08. The van der Waals surface area contributed by atoms with E-state index in [1.165, 1.54) is 16.3 Å². The van der Waals surface area contributed by atoms with Gasteiger partial charge in [0.1, 0.15) is 11.3 Å². The average molecular weight is 529 g/mol. The molecule has 2 heterocycles. The number of fused-ring (bicyclic) bond motifs is 2. The van der Waals surface area contributed by atoms with Crippen LogP contribution in [0.15, 0.2) is 75.9 Å². The third-order valence-electron chi connectivity index (χ3n) is 6.41. The van der Waals surface area contributed by atoms with Crippen molar-refractivity contribution in [2.75, 3.05) is 25.5 Å². The van der Waals surface area contributed by atoms with Crippen LogP contribution in [0.2, 0.25) is 0 Å². The maximum atomic E-state index is 12.0. The van der Waals surface area contributed by atoms with E-state index in [0.717, 1.165) is 49.3 Å². The molecule has 4 aromatic rings. The highest BCUT2D eigenvalue weighted by molar-refractivity contribution is 5.91. The normalized spacial score (nSPS) is 14.6. The largest absolute Gasteiger partial charge is 0.497 e. The molecule has 38 heavy (non-hydrogen) atoms. The average Bonchev–Trinajstić information content (AvgIpc) is 2.89. The number of methoxy groups -OCH3 is 1. The van der Waals surface area contributed by atoms with E-state index < -0.39 is 12.1 Å². The van der Waals surface area contributed by atoms with Gasteiger partial charge >= 0.3 is 17.8 Å². The number of carbonyl (C=O) groups is 1. The Morgan fingerprint density at radius 3 is 2.42 bits per heavy atom. The van der Waals surface area contributed by atoms with E-state index in [1.54, 1.807) is 25.3 Å². The maximum Gasteiger partial charge on any atom is 0.490 e. The number of anilines is 1. The van der Waals surface area contributed by atoms with Crippen molar-refractivity contribution in [3.8, 4) is 5.75 Å². The zero-order valence-electron chi connectivity index (χ0n) is 20.6. The van der Waals surface area contributed by atoms with Crippen LogP contribution in [-0.2, 0) is 11.3 Å². The van der Waals surface area contributed by atoms with Gasteiger partial charge in [-0.1, -0.05) is 42.5 Å². The van der Waals surface area contributed by atoms with Crippen LogP contribution in [0.25, 0.3) is 21.7 Å². The number of piperidine rings is 1. The Bertz CT molecular complexity index is 1470. The SMILES string of the molecule is COc1ccc2oc(=O)cc(NC3CCN(Cc4cccc5ccccc45)CC3)c2c1.O=C(O)C(F)(F)F. The number of benzene rings is 3. The molecule has 5 rings (SSSR count). The first-order valence-electron chi connectivity index (χ1n) is 12.0. The van der Waals surface area contributed by atoms with Crippen molar-refractivity contribution < 1.29 is 32.2 Å². The van der Waals surface area contributed by atoms with Gasteiger partial charge in [-0.25, -0.2) is 9.59 Å². The van der Waals surface area contributed by atoms with Gasteiger partial charge in [0.25, 0.3) is 0 Å². The van der Waals surface area contributed by atoms with E-state index in [9.17, 15) is 18.0 Å². The smallest absolute Gasteiger partial charge is 0.490 e. The van der Waals surface area contributed by atoms with Crippen LogP contribution in [0.1, 0.15) is 18.4 Å². The van der Waals surface area contributed by atoms with Gasteiger partial charge in [-0.2, -0.15) is 13.2 Å². The summed E-state index contributed by atoms with van der Waals surface area (Å²) in [4.78, 5) is 23.4. The first-order chi connectivity index (χ1) is 18.1. The monoisotopic (exact) mass is 528 g/mol. The molecule has 0 bridgehead atoms. The number of aliphatic carboxylic acids is 1. The minimum Gasteiger partial charge on any atom is -0.497 e. The third-order valence-corrected chi connectivity index (χ3v) is 6.41. The van der Waals surface area contributed by atoms with Crippen molar-refractivity contribution in [3.05, 3.63) is 82.7 Å². The Balaban J connectivity index is 0.000000426. The van der Waals surface area contributed by atoms with Crippen molar-refractivity contribution in [1.82, 2.24) is 4.90 Å². The fourth-order valence-corrected chi connectivity index (χ4v) is 4.52. The van der Waals surface area contributed by atoms with Crippen LogP contribution in [0, 0.1) is 0 Å². The topological polar surface area (TPSA) is 92.0 Å². The summed E-state index contributed by atoms with van der Waals surface area (Å²) in [7, 11) is 1.64. The van der Waals surface area contributed by atoms with Crippen molar-refractivity contribution in [2.24, 2.45) is 0 Å². The summed E-state index contributed by atoms with van der Waals surface area (Å²) < 4.78 is 42.4. The van der Waals surface area contributed by atoms with Gasteiger partial charge < -0.3 is 19.6 Å². The first kappa shape index (κ1) is 27.0. The molecule has 0 aliphatic carbocycles. The van der Waals surface area contributed by atoms with Crippen molar-refractivity contribution in [3.63, 3.8) is 0 Å². The quantitative estimate of drug-likeness (QED) is 0.323. The zero-order valence-corrected chi connectivity index (χ0v) is 20.6. The van der Waals surface area contributed by atoms with Gasteiger partial charge in [0.2, 0.25) is 0 Å². The first-order valence-corrected chi connectivity index (χ1v) is 12.0. The van der Waals surface area contributed by atoms with Crippen LogP contribution >= 0.6 is 0 Å². The standard InChI is InChI=1S/C26H26N2O3.C2HF3O2/c1-30-21-9-10-25-23(15-21)24(16-26(29)31-25)27-20-11-13-28(14-12-20)17-19-7-4-6-18-5-2-3-8-22(18)19;3-2(4,5)1(6)7/h2-10,15-16,20,27H,11-14,17H2,1H3;(H,6,7). The highest BCUT2D eigenvalue weighted by Crippen LogP contribution is 2.28. The van der Waals surface area contributed by atoms with Crippen LogP contribution in [-0.4, -0.2) is 48.4 Å². The van der Waals surface area contributed by atoms with Gasteiger partial charge in [0.15, 0.2) is 0 Å². The van der Waals surface area contributed by atoms with Crippen LogP contribution in [0.5, 0.6) is 5.75 Å². The van der Waals surface area contributed by atoms with Crippen molar-refractivity contribution >= 4 is 33.4 Å². The molecule has 0 spiro atoms. The molecule has 0 unspecified atom stereocenters. The zero-order chi connectivity index (χ0) is 27.3. The molecule has 1 aromatic heterocycles. The van der Waals surface area contributed by atoms with Gasteiger partial charge in [0.05, 0.1) is 12.8 Å². The van der Waals surface area contributed by atoms with Crippen LogP contribution in [0.3, 0.4) is 0 Å². The lowest BCUT2D eigenvalue weighted by atomic mass is 10.0. The Labute approximate surface area is 216 Å². The second-order valence-electron chi connectivity index (χ2n) is 8.98. The Hall–Kier alpha value is -4.05. The number of alkyl halides is 3. The predicted molar refractivity (Wildman–Crippen MR) is 139 cm³/mol. The van der Waals surface area contributed by atoms with Gasteiger partial charge in [-0.3, -0.25) is 4.90 Å². The second kappa shape index (κ2) is 11.6. The van der Waals surface area contributed by atoms with E-state index in [2.05, 4.69) is 52.7 Å². The van der Waals surface area contributed by atoms with Gasteiger partial charge in [-0.05, 0) is 47.4 Å². The number of carboxylic acid groups (broad SMARTS) is 1. The molecule has 200 valence electrons. The second-order valence-corrected chi connectivity index (χ2v) is 8.98. The van der Waals surface area contributed by atoms with Gasteiger partial charge in [-0.15, -0.1) is 0 Å². The van der Waals surface area contributed by atoms with Crippen molar-refractivity contribution in [1.29, 1.82) is 0 Å². The molecule has 1 aliphatic heterocycles. The number of hydrogen-bond donors (Lipinski definition) is 2. The Morgan fingerprint density at radius 1 is 1.05 bits per heavy atom. The summed E-state index contributed by atoms with van der Waals surface area (Å²) in [5.74, 6) is -2.01. The Morgan fingerprint density at radius 2 is 1.74 bits per heavy atom. The van der Waals surface area contributed by atoms with E-state index in [1.807, 2.05) is 6.07 Å². The number of carboxylic acids is 1. The number of nitrogens with one attached hydrogen (secondary N) is 1. The van der Waals surface area contributed by atoms with E-state index in [4.69, 9.17) is 19.1 Å². The van der Waals surface area contributed by atoms with Crippen LogP contribution in [0.4, 0.5) is 18.9 Å². The molecule has 1 aliphatic rings. The molecule has 1 saturated heterocycles. The molecule has 3 aromatic carbocycles. The molecule has 0 saturated carbocycles. The lowest BCUT2D eigenvalue weighted by Crippen LogP contribution is -2.38. The molecule has 0 radical (unpaired) electrons. The summed E-state index contributed by atoms with van der Waals surface area (Å²) in [6.07, 6.45) is -3.03. The lowest BCUT2D eigenvalue weighted by molar-refractivity contribution is -0.192. The number of hydrogen-bond acceptors (Lipinski definition) is 6. The maximum absolute atomic E-state index is 12.0. The molecule has 7 nitrogen and oxygen atoms in total. The number of halogens is 3. The highest BCUT2D eigenvalue weighted by atomic mass is 19.4. The van der Waals surface area contributed by atoms with Crippen LogP contribution < -0.4 is 15.7 Å². The Kier molecular flexibility index (Phi) is 8.21. The number of nitrogens with zero attached hydrogens (tertiary/aromatic N) is 1.